The summed E-state index contributed by atoms with van der Waals surface area (Å²) in [6, 6.07) is 2.72. The molecule has 3 rings (SSSR count). The van der Waals surface area contributed by atoms with Gasteiger partial charge in [-0.2, -0.15) is 13.2 Å². The van der Waals surface area contributed by atoms with Crippen molar-refractivity contribution in [3.63, 3.8) is 0 Å². The van der Waals surface area contributed by atoms with Crippen molar-refractivity contribution >= 4 is 35.0 Å². The van der Waals surface area contributed by atoms with Gasteiger partial charge < -0.3 is 10.3 Å². The summed E-state index contributed by atoms with van der Waals surface area (Å²) in [5.41, 5.74) is 0.184. The largest absolute Gasteiger partial charge is 0.416 e. The molecular weight excluding hydrogens is 415 g/mol. The van der Waals surface area contributed by atoms with Crippen LogP contribution in [0.15, 0.2) is 28.2 Å². The van der Waals surface area contributed by atoms with Crippen molar-refractivity contribution in [3.8, 4) is 0 Å². The molecule has 0 fully saturated rings. The molecule has 0 spiro atoms. The highest BCUT2D eigenvalue weighted by Crippen LogP contribution is 2.34. The number of H-pyrrole nitrogens is 1. The standard InChI is InChI=1S/C18H17ClF3N3O2S/c1-9(28-17-24-13-5-3-2-4-11(13)16(27)25-17)15(26)23-14-8-10(18(20,21)22)6-7-12(14)19/h6-9H,2-5H2,1H3,(H,23,26)(H,24,25,27). The van der Waals surface area contributed by atoms with Gasteiger partial charge in [-0.15, -0.1) is 0 Å². The second-order valence-electron chi connectivity index (χ2n) is 6.45. The summed E-state index contributed by atoms with van der Waals surface area (Å²) in [6.07, 6.45) is -1.24. The van der Waals surface area contributed by atoms with Gasteiger partial charge in [0, 0.05) is 5.56 Å². The fraction of sp³-hybridized carbons (Fsp3) is 0.389. The number of hydrogen-bond donors (Lipinski definition) is 2. The third kappa shape index (κ3) is 4.70. The summed E-state index contributed by atoms with van der Waals surface area (Å²) in [5.74, 6) is -0.549. The van der Waals surface area contributed by atoms with Crippen molar-refractivity contribution in [1.82, 2.24) is 9.97 Å². The molecule has 0 radical (unpaired) electrons. The molecule has 10 heteroatoms. The third-order valence-electron chi connectivity index (χ3n) is 4.38. The fourth-order valence-corrected chi connectivity index (χ4v) is 3.87. The maximum absolute atomic E-state index is 12.9. The molecule has 2 aromatic rings. The van der Waals surface area contributed by atoms with Gasteiger partial charge in [-0.25, -0.2) is 4.98 Å². The molecule has 1 atom stereocenters. The zero-order chi connectivity index (χ0) is 20.5. The van der Waals surface area contributed by atoms with Gasteiger partial charge in [0.2, 0.25) is 5.91 Å². The topological polar surface area (TPSA) is 74.8 Å². The Morgan fingerprint density at radius 3 is 2.75 bits per heavy atom. The Labute approximate surface area is 168 Å². The Morgan fingerprint density at radius 2 is 2.04 bits per heavy atom. The number of aromatic amines is 1. The molecule has 1 unspecified atom stereocenters. The number of hydrogen-bond acceptors (Lipinski definition) is 4. The summed E-state index contributed by atoms with van der Waals surface area (Å²) in [7, 11) is 0. The van der Waals surface area contributed by atoms with E-state index in [4.69, 9.17) is 11.6 Å². The van der Waals surface area contributed by atoms with Crippen LogP contribution in [0.25, 0.3) is 0 Å². The van der Waals surface area contributed by atoms with Gasteiger partial charge in [0.15, 0.2) is 5.16 Å². The minimum Gasteiger partial charge on any atom is -0.324 e. The third-order valence-corrected chi connectivity index (χ3v) is 5.69. The molecule has 0 saturated heterocycles. The summed E-state index contributed by atoms with van der Waals surface area (Å²) in [6.45, 7) is 1.57. The maximum Gasteiger partial charge on any atom is 0.416 e. The van der Waals surface area contributed by atoms with Gasteiger partial charge in [0.1, 0.15) is 0 Å². The Hall–Kier alpha value is -2.00. The minimum atomic E-state index is -4.54. The Bertz CT molecular complexity index is 962. The van der Waals surface area contributed by atoms with Crippen molar-refractivity contribution in [2.24, 2.45) is 0 Å². The number of halogens is 4. The first-order valence-corrected chi connectivity index (χ1v) is 9.87. The number of alkyl halides is 3. The Kier molecular flexibility index (Phi) is 6.04. The summed E-state index contributed by atoms with van der Waals surface area (Å²) in [4.78, 5) is 31.7. The smallest absolute Gasteiger partial charge is 0.324 e. The first-order chi connectivity index (χ1) is 13.1. The first kappa shape index (κ1) is 20.7. The van der Waals surface area contributed by atoms with Crippen molar-refractivity contribution in [3.05, 3.63) is 50.4 Å². The van der Waals surface area contributed by atoms with E-state index < -0.39 is 22.9 Å². The average molecular weight is 432 g/mol. The number of thioether (sulfide) groups is 1. The van der Waals surface area contributed by atoms with Crippen LogP contribution in [0.5, 0.6) is 0 Å². The lowest BCUT2D eigenvalue weighted by Gasteiger charge is -2.16. The molecule has 0 saturated carbocycles. The maximum atomic E-state index is 12.9. The summed E-state index contributed by atoms with van der Waals surface area (Å²) in [5, 5.41) is 2.00. The summed E-state index contributed by atoms with van der Waals surface area (Å²) < 4.78 is 38.6. The molecule has 2 N–H and O–H groups in total. The van der Waals surface area contributed by atoms with E-state index >= 15 is 0 Å². The van der Waals surface area contributed by atoms with Crippen LogP contribution < -0.4 is 10.9 Å². The average Bonchev–Trinajstić information content (AvgIpc) is 2.62. The van der Waals surface area contributed by atoms with Crippen LogP contribution >= 0.6 is 23.4 Å². The van der Waals surface area contributed by atoms with E-state index in [1.54, 1.807) is 6.92 Å². The lowest BCUT2D eigenvalue weighted by molar-refractivity contribution is -0.137. The van der Waals surface area contributed by atoms with Crippen LogP contribution in [0.3, 0.4) is 0 Å². The zero-order valence-electron chi connectivity index (χ0n) is 14.8. The number of fused-ring (bicyclic) bond motifs is 1. The Morgan fingerprint density at radius 1 is 1.32 bits per heavy atom. The van der Waals surface area contributed by atoms with E-state index in [0.717, 1.165) is 48.5 Å². The van der Waals surface area contributed by atoms with Crippen LogP contribution in [0, 0.1) is 0 Å². The molecule has 1 amide bonds. The fourth-order valence-electron chi connectivity index (χ4n) is 2.89. The van der Waals surface area contributed by atoms with Crippen LogP contribution in [-0.4, -0.2) is 21.1 Å². The van der Waals surface area contributed by atoms with E-state index in [1.807, 2.05) is 0 Å². The number of benzene rings is 1. The van der Waals surface area contributed by atoms with E-state index in [0.29, 0.717) is 23.6 Å². The van der Waals surface area contributed by atoms with Crippen LogP contribution in [0.1, 0.15) is 36.6 Å². The van der Waals surface area contributed by atoms with Gasteiger partial charge in [0.05, 0.1) is 27.2 Å². The second kappa shape index (κ2) is 8.16. The SMILES string of the molecule is CC(Sc1nc2c(c(=O)[nH]1)CCCC2)C(=O)Nc1cc(C(F)(F)F)ccc1Cl. The van der Waals surface area contributed by atoms with Gasteiger partial charge in [-0.3, -0.25) is 9.59 Å². The molecule has 0 aliphatic heterocycles. The van der Waals surface area contributed by atoms with E-state index in [2.05, 4.69) is 15.3 Å². The van der Waals surface area contributed by atoms with Gasteiger partial charge in [-0.1, -0.05) is 23.4 Å². The van der Waals surface area contributed by atoms with Crippen LogP contribution in [-0.2, 0) is 23.8 Å². The molecule has 1 heterocycles. The van der Waals surface area contributed by atoms with Crippen molar-refractivity contribution in [1.29, 1.82) is 0 Å². The van der Waals surface area contributed by atoms with E-state index in [9.17, 15) is 22.8 Å². The monoisotopic (exact) mass is 431 g/mol. The molecule has 1 aromatic carbocycles. The quantitative estimate of drug-likeness (QED) is 0.554. The number of nitrogens with one attached hydrogen (secondary N) is 2. The summed E-state index contributed by atoms with van der Waals surface area (Å²) >= 11 is 6.94. The normalized spacial score (nSPS) is 15.0. The predicted molar refractivity (Wildman–Crippen MR) is 102 cm³/mol. The van der Waals surface area contributed by atoms with Crippen molar-refractivity contribution < 1.29 is 18.0 Å². The second-order valence-corrected chi connectivity index (χ2v) is 8.18. The number of anilines is 1. The van der Waals surface area contributed by atoms with Crippen molar-refractivity contribution in [2.45, 2.75) is 49.2 Å². The van der Waals surface area contributed by atoms with Gasteiger partial charge in [0.25, 0.3) is 5.56 Å². The minimum absolute atomic E-state index is 0.00105. The molecule has 1 aliphatic carbocycles. The van der Waals surface area contributed by atoms with Crippen LogP contribution in [0.4, 0.5) is 18.9 Å². The Balaban J connectivity index is 1.74. The number of nitrogens with zero attached hydrogens (tertiary/aromatic N) is 1. The number of rotatable bonds is 4. The molecule has 5 nitrogen and oxygen atoms in total. The molecular formula is C18H17ClF3N3O2S. The highest BCUT2D eigenvalue weighted by molar-refractivity contribution is 8.00. The number of aryl methyl sites for hydroxylation is 1. The molecule has 0 bridgehead atoms. The number of aromatic nitrogens is 2. The first-order valence-electron chi connectivity index (χ1n) is 8.61. The molecule has 1 aliphatic rings. The highest BCUT2D eigenvalue weighted by Gasteiger charge is 2.31. The lowest BCUT2D eigenvalue weighted by atomic mass is 9.97. The van der Waals surface area contributed by atoms with E-state index in [-0.39, 0.29) is 16.3 Å². The van der Waals surface area contributed by atoms with Crippen molar-refractivity contribution in [2.75, 3.05) is 5.32 Å². The highest BCUT2D eigenvalue weighted by atomic mass is 35.5. The predicted octanol–water partition coefficient (Wildman–Crippen LogP) is 4.44. The van der Waals surface area contributed by atoms with Crippen LogP contribution in [0.2, 0.25) is 5.02 Å². The molecule has 1 aromatic heterocycles. The molecule has 150 valence electrons. The number of carbonyl (C=O) groups is 1. The zero-order valence-corrected chi connectivity index (χ0v) is 16.4. The van der Waals surface area contributed by atoms with Gasteiger partial charge >= 0.3 is 6.18 Å². The molecule has 28 heavy (non-hydrogen) atoms. The number of carbonyl (C=O) groups excluding carboxylic acids is 1. The van der Waals surface area contributed by atoms with Gasteiger partial charge in [-0.05, 0) is 50.8 Å². The van der Waals surface area contributed by atoms with E-state index in [1.165, 1.54) is 0 Å². The number of amides is 1. The lowest BCUT2D eigenvalue weighted by Crippen LogP contribution is -2.25.